The number of carbonyl (C=O) groups excluding carboxylic acids is 2. The third kappa shape index (κ3) is 2.59. The number of hydrogen-bond donors (Lipinski definition) is 1. The number of hydrogen-bond acceptors (Lipinski definition) is 3. The zero-order valence-electron chi connectivity index (χ0n) is 11.2. The third-order valence-electron chi connectivity index (χ3n) is 4.42. The smallest absolute Gasteiger partial charge is 0.298 e. The van der Waals surface area contributed by atoms with Crippen molar-refractivity contribution in [2.75, 3.05) is 26.2 Å². The molecule has 0 aliphatic carbocycles. The summed E-state index contributed by atoms with van der Waals surface area (Å²) in [5, 5.41) is 0. The molecular weight excluding hydrogens is 242 g/mol. The summed E-state index contributed by atoms with van der Waals surface area (Å²) in [4.78, 5) is 27.3. The predicted molar refractivity (Wildman–Crippen MR) is 72.0 cm³/mol. The monoisotopic (exact) mass is 263 g/mol. The molecule has 2 aliphatic rings. The minimum Gasteiger partial charge on any atom is -0.368 e. The van der Waals surface area contributed by atoms with Crippen molar-refractivity contribution in [1.82, 2.24) is 9.80 Å². The van der Waals surface area contributed by atoms with Crippen molar-refractivity contribution in [2.24, 2.45) is 5.73 Å². The van der Waals surface area contributed by atoms with Gasteiger partial charge in [-0.15, -0.1) is 6.42 Å². The number of nitrogens with two attached hydrogens (primary N) is 1. The van der Waals surface area contributed by atoms with Gasteiger partial charge in [0, 0.05) is 13.1 Å². The summed E-state index contributed by atoms with van der Waals surface area (Å²) >= 11 is 0. The Bertz CT molecular complexity index is 399. The quantitative estimate of drug-likeness (QED) is 0.710. The first-order chi connectivity index (χ1) is 9.10. The van der Waals surface area contributed by atoms with Crippen LogP contribution in [0.1, 0.15) is 32.1 Å². The molecule has 0 radical (unpaired) electrons. The van der Waals surface area contributed by atoms with Gasteiger partial charge in [0.2, 0.25) is 5.91 Å². The number of rotatable bonds is 2. The maximum absolute atomic E-state index is 12.0. The average molecular weight is 263 g/mol. The average Bonchev–Trinajstić information content (AvgIpc) is 2.47. The Balaban J connectivity index is 2.09. The van der Waals surface area contributed by atoms with E-state index in [1.54, 1.807) is 4.90 Å². The highest BCUT2D eigenvalue weighted by Crippen LogP contribution is 2.31. The van der Waals surface area contributed by atoms with Crippen molar-refractivity contribution in [3.63, 3.8) is 0 Å². The number of carbonyl (C=O) groups is 2. The van der Waals surface area contributed by atoms with E-state index in [4.69, 9.17) is 12.2 Å². The van der Waals surface area contributed by atoms with Gasteiger partial charge in [0.05, 0.1) is 0 Å². The summed E-state index contributed by atoms with van der Waals surface area (Å²) in [5.74, 6) is 1.57. The van der Waals surface area contributed by atoms with E-state index in [1.165, 1.54) is 6.42 Å². The SMILES string of the molecule is C#CC(=O)N1CCC(C(N)=O)(N2CCCCC2)CC1. The second-order valence-electron chi connectivity index (χ2n) is 5.38. The first kappa shape index (κ1) is 13.9. The van der Waals surface area contributed by atoms with Crippen LogP contribution in [-0.4, -0.2) is 53.3 Å². The lowest BCUT2D eigenvalue weighted by atomic mass is 9.83. The lowest BCUT2D eigenvalue weighted by Crippen LogP contribution is -2.63. The number of terminal acetylenes is 1. The van der Waals surface area contributed by atoms with Crippen molar-refractivity contribution < 1.29 is 9.59 Å². The maximum atomic E-state index is 12.0. The van der Waals surface area contributed by atoms with E-state index in [1.807, 2.05) is 0 Å². The molecule has 2 fully saturated rings. The van der Waals surface area contributed by atoms with Crippen molar-refractivity contribution in [2.45, 2.75) is 37.6 Å². The molecule has 0 bridgehead atoms. The van der Waals surface area contributed by atoms with E-state index in [0.29, 0.717) is 25.9 Å². The molecule has 2 aliphatic heterocycles. The topological polar surface area (TPSA) is 66.6 Å². The van der Waals surface area contributed by atoms with Crippen LogP contribution >= 0.6 is 0 Å². The molecule has 2 heterocycles. The molecule has 5 nitrogen and oxygen atoms in total. The van der Waals surface area contributed by atoms with Gasteiger partial charge in [-0.05, 0) is 44.7 Å². The molecule has 104 valence electrons. The van der Waals surface area contributed by atoms with Gasteiger partial charge in [0.15, 0.2) is 0 Å². The standard InChI is InChI=1S/C14H21N3O2/c1-2-12(18)16-10-6-14(7-11-16,13(15)19)17-8-4-3-5-9-17/h1H,3-11H2,(H2,15,19). The molecule has 2 saturated heterocycles. The molecule has 0 saturated carbocycles. The second-order valence-corrected chi connectivity index (χ2v) is 5.38. The van der Waals surface area contributed by atoms with Crippen molar-refractivity contribution in [3.8, 4) is 12.3 Å². The summed E-state index contributed by atoms with van der Waals surface area (Å²) in [6.45, 7) is 2.88. The molecule has 19 heavy (non-hydrogen) atoms. The summed E-state index contributed by atoms with van der Waals surface area (Å²) < 4.78 is 0. The third-order valence-corrected chi connectivity index (χ3v) is 4.42. The normalized spacial score (nSPS) is 23.6. The van der Waals surface area contributed by atoms with Gasteiger partial charge >= 0.3 is 0 Å². The Morgan fingerprint density at radius 3 is 2.11 bits per heavy atom. The number of primary amides is 1. The predicted octanol–water partition coefficient (Wildman–Crippen LogP) is -0.0480. The maximum Gasteiger partial charge on any atom is 0.298 e. The fourth-order valence-corrected chi connectivity index (χ4v) is 3.21. The van der Waals surface area contributed by atoms with E-state index in [-0.39, 0.29) is 11.8 Å². The zero-order valence-corrected chi connectivity index (χ0v) is 11.2. The fraction of sp³-hybridized carbons (Fsp3) is 0.714. The van der Waals surface area contributed by atoms with Gasteiger partial charge in [0.25, 0.3) is 5.91 Å². The van der Waals surface area contributed by atoms with Crippen molar-refractivity contribution in [1.29, 1.82) is 0 Å². The second kappa shape index (κ2) is 5.62. The Hall–Kier alpha value is -1.54. The van der Waals surface area contributed by atoms with Crippen LogP contribution in [0.2, 0.25) is 0 Å². The van der Waals surface area contributed by atoms with E-state index >= 15 is 0 Å². The van der Waals surface area contributed by atoms with Crippen LogP contribution in [0.3, 0.4) is 0 Å². The van der Waals surface area contributed by atoms with Gasteiger partial charge in [0.1, 0.15) is 5.54 Å². The van der Waals surface area contributed by atoms with E-state index in [2.05, 4.69) is 10.8 Å². The summed E-state index contributed by atoms with van der Waals surface area (Å²) in [6.07, 6.45) is 9.76. The van der Waals surface area contributed by atoms with Crippen molar-refractivity contribution >= 4 is 11.8 Å². The van der Waals surface area contributed by atoms with Crippen LogP contribution in [-0.2, 0) is 9.59 Å². The molecule has 0 aromatic heterocycles. The number of nitrogens with zero attached hydrogens (tertiary/aromatic N) is 2. The Morgan fingerprint density at radius 2 is 1.63 bits per heavy atom. The highest BCUT2D eigenvalue weighted by Gasteiger charge is 2.45. The van der Waals surface area contributed by atoms with Gasteiger partial charge in [-0.25, -0.2) is 0 Å². The Morgan fingerprint density at radius 1 is 1.05 bits per heavy atom. The minimum absolute atomic E-state index is 0.262. The van der Waals surface area contributed by atoms with E-state index in [9.17, 15) is 9.59 Å². The highest BCUT2D eigenvalue weighted by molar-refractivity contribution is 5.93. The molecule has 2 rings (SSSR count). The molecule has 0 unspecified atom stereocenters. The largest absolute Gasteiger partial charge is 0.368 e. The Kier molecular flexibility index (Phi) is 4.11. The van der Waals surface area contributed by atoms with Gasteiger partial charge < -0.3 is 10.6 Å². The lowest BCUT2D eigenvalue weighted by Gasteiger charge is -2.47. The van der Waals surface area contributed by atoms with E-state index in [0.717, 1.165) is 25.9 Å². The summed E-state index contributed by atoms with van der Waals surface area (Å²) in [5.41, 5.74) is 5.09. The Labute approximate surface area is 114 Å². The zero-order chi connectivity index (χ0) is 13.9. The van der Waals surface area contributed by atoms with Gasteiger partial charge in [-0.2, -0.15) is 0 Å². The molecule has 2 N–H and O–H groups in total. The van der Waals surface area contributed by atoms with Crippen molar-refractivity contribution in [3.05, 3.63) is 0 Å². The van der Waals surface area contributed by atoms with Gasteiger partial charge in [-0.1, -0.05) is 6.42 Å². The van der Waals surface area contributed by atoms with Gasteiger partial charge in [-0.3, -0.25) is 14.5 Å². The number of piperidine rings is 2. The summed E-state index contributed by atoms with van der Waals surface area (Å²) in [6, 6.07) is 0. The first-order valence-corrected chi connectivity index (χ1v) is 6.90. The molecule has 0 aromatic carbocycles. The van der Waals surface area contributed by atoms with Crippen LogP contribution in [0, 0.1) is 12.3 Å². The summed E-state index contributed by atoms with van der Waals surface area (Å²) in [7, 11) is 0. The van der Waals surface area contributed by atoms with Crippen LogP contribution in [0.4, 0.5) is 0 Å². The molecule has 5 heteroatoms. The molecule has 2 amide bonds. The fourth-order valence-electron chi connectivity index (χ4n) is 3.21. The number of amides is 2. The van der Waals surface area contributed by atoms with Crippen LogP contribution < -0.4 is 5.73 Å². The molecule has 0 aromatic rings. The lowest BCUT2D eigenvalue weighted by molar-refractivity contribution is -0.139. The molecule has 0 atom stereocenters. The van der Waals surface area contributed by atoms with Crippen LogP contribution in [0.15, 0.2) is 0 Å². The number of likely N-dealkylation sites (tertiary alicyclic amines) is 2. The molecule has 0 spiro atoms. The first-order valence-electron chi connectivity index (χ1n) is 6.90. The van der Waals surface area contributed by atoms with E-state index < -0.39 is 5.54 Å². The van der Waals surface area contributed by atoms with Crippen LogP contribution in [0.5, 0.6) is 0 Å². The van der Waals surface area contributed by atoms with Crippen LogP contribution in [0.25, 0.3) is 0 Å². The minimum atomic E-state index is -0.578. The highest BCUT2D eigenvalue weighted by atomic mass is 16.2. The molecular formula is C14H21N3O2.